The van der Waals surface area contributed by atoms with Gasteiger partial charge in [-0.2, -0.15) is 0 Å². The number of benzene rings is 2. The van der Waals surface area contributed by atoms with E-state index in [1.807, 2.05) is 37.3 Å². The summed E-state index contributed by atoms with van der Waals surface area (Å²) in [4.78, 5) is 29.0. The molecular weight excluding hydrogens is 344 g/mol. The maximum atomic E-state index is 12.4. The Morgan fingerprint density at radius 2 is 1.78 bits per heavy atom. The standard InChI is InChI=1S/C21H20N2O4/c1-3-26-19-11-7-6-10-17(19)23-20(24)14(2)27-21(25)18-13-12-15-8-4-5-9-16(15)22-18/h4-14H,3H2,1-2H3,(H,23,24). The fourth-order valence-corrected chi connectivity index (χ4v) is 2.54. The number of anilines is 1. The number of rotatable bonds is 6. The number of ether oxygens (including phenoxy) is 2. The summed E-state index contributed by atoms with van der Waals surface area (Å²) in [6, 6.07) is 17.9. The molecule has 0 saturated carbocycles. The lowest BCUT2D eigenvalue weighted by Crippen LogP contribution is -2.30. The second-order valence-electron chi connectivity index (χ2n) is 5.86. The Balaban J connectivity index is 1.67. The van der Waals surface area contributed by atoms with Gasteiger partial charge in [-0.05, 0) is 38.1 Å². The summed E-state index contributed by atoms with van der Waals surface area (Å²) < 4.78 is 10.7. The SMILES string of the molecule is CCOc1ccccc1NC(=O)C(C)OC(=O)c1ccc2ccccc2n1. The normalized spacial score (nSPS) is 11.6. The van der Waals surface area contributed by atoms with Crippen LogP contribution in [0, 0.1) is 0 Å². The molecule has 1 aromatic heterocycles. The first-order valence-electron chi connectivity index (χ1n) is 8.68. The van der Waals surface area contributed by atoms with Crippen molar-refractivity contribution in [3.05, 3.63) is 66.4 Å². The maximum Gasteiger partial charge on any atom is 0.357 e. The molecule has 1 N–H and O–H groups in total. The molecule has 27 heavy (non-hydrogen) atoms. The van der Waals surface area contributed by atoms with Crippen LogP contribution >= 0.6 is 0 Å². The van der Waals surface area contributed by atoms with Crippen molar-refractivity contribution < 1.29 is 19.1 Å². The molecule has 138 valence electrons. The van der Waals surface area contributed by atoms with E-state index in [1.165, 1.54) is 6.92 Å². The molecule has 1 unspecified atom stereocenters. The quantitative estimate of drug-likeness (QED) is 0.673. The molecule has 1 atom stereocenters. The highest BCUT2D eigenvalue weighted by atomic mass is 16.5. The van der Waals surface area contributed by atoms with Gasteiger partial charge in [-0.15, -0.1) is 0 Å². The topological polar surface area (TPSA) is 77.5 Å². The van der Waals surface area contributed by atoms with Crippen molar-refractivity contribution in [2.24, 2.45) is 0 Å². The van der Waals surface area contributed by atoms with Crippen molar-refractivity contribution in [1.82, 2.24) is 4.98 Å². The summed E-state index contributed by atoms with van der Waals surface area (Å²) >= 11 is 0. The number of aromatic nitrogens is 1. The zero-order valence-electron chi connectivity index (χ0n) is 15.1. The smallest absolute Gasteiger partial charge is 0.357 e. The monoisotopic (exact) mass is 364 g/mol. The highest BCUT2D eigenvalue weighted by Gasteiger charge is 2.21. The number of pyridine rings is 1. The van der Waals surface area contributed by atoms with Gasteiger partial charge in [0.05, 0.1) is 17.8 Å². The molecule has 0 radical (unpaired) electrons. The Hall–Kier alpha value is -3.41. The zero-order valence-corrected chi connectivity index (χ0v) is 15.1. The lowest BCUT2D eigenvalue weighted by molar-refractivity contribution is -0.123. The molecule has 0 aliphatic heterocycles. The van der Waals surface area contributed by atoms with Crippen LogP contribution in [0.15, 0.2) is 60.7 Å². The van der Waals surface area contributed by atoms with Crippen LogP contribution in [-0.2, 0) is 9.53 Å². The van der Waals surface area contributed by atoms with E-state index < -0.39 is 18.0 Å². The molecule has 2 aromatic carbocycles. The summed E-state index contributed by atoms with van der Waals surface area (Å²) in [6.07, 6.45) is -0.986. The molecule has 0 saturated heterocycles. The Kier molecular flexibility index (Phi) is 5.66. The minimum atomic E-state index is -0.986. The summed E-state index contributed by atoms with van der Waals surface area (Å²) in [7, 11) is 0. The number of carbonyl (C=O) groups is 2. The van der Waals surface area contributed by atoms with Gasteiger partial charge in [-0.1, -0.05) is 36.4 Å². The molecule has 6 nitrogen and oxygen atoms in total. The predicted molar refractivity (Wildman–Crippen MR) is 103 cm³/mol. The first kappa shape index (κ1) is 18.4. The van der Waals surface area contributed by atoms with Crippen LogP contribution < -0.4 is 10.1 Å². The van der Waals surface area contributed by atoms with Crippen molar-refractivity contribution in [3.63, 3.8) is 0 Å². The van der Waals surface area contributed by atoms with Crippen LogP contribution in [0.1, 0.15) is 24.3 Å². The van der Waals surface area contributed by atoms with Crippen molar-refractivity contribution in [3.8, 4) is 5.75 Å². The molecule has 1 heterocycles. The molecule has 0 aliphatic carbocycles. The maximum absolute atomic E-state index is 12.4. The van der Waals surface area contributed by atoms with Crippen molar-refractivity contribution in [1.29, 1.82) is 0 Å². The largest absolute Gasteiger partial charge is 0.492 e. The number of fused-ring (bicyclic) bond motifs is 1. The average molecular weight is 364 g/mol. The van der Waals surface area contributed by atoms with Crippen LogP contribution in [0.3, 0.4) is 0 Å². The minimum Gasteiger partial charge on any atom is -0.492 e. The lowest BCUT2D eigenvalue weighted by Gasteiger charge is -2.15. The van der Waals surface area contributed by atoms with Crippen molar-refractivity contribution >= 4 is 28.5 Å². The van der Waals surface area contributed by atoms with Gasteiger partial charge in [0.2, 0.25) is 0 Å². The van der Waals surface area contributed by atoms with Crippen LogP contribution in [0.25, 0.3) is 10.9 Å². The van der Waals surface area contributed by atoms with Gasteiger partial charge < -0.3 is 14.8 Å². The van der Waals surface area contributed by atoms with E-state index in [9.17, 15) is 9.59 Å². The number of para-hydroxylation sites is 3. The van der Waals surface area contributed by atoms with Crippen LogP contribution in [-0.4, -0.2) is 29.6 Å². The Morgan fingerprint density at radius 1 is 1.04 bits per heavy atom. The number of hydrogen-bond donors (Lipinski definition) is 1. The summed E-state index contributed by atoms with van der Waals surface area (Å²) in [5.74, 6) is -0.541. The number of nitrogens with one attached hydrogen (secondary N) is 1. The highest BCUT2D eigenvalue weighted by Crippen LogP contribution is 2.24. The van der Waals surface area contributed by atoms with E-state index in [4.69, 9.17) is 9.47 Å². The van der Waals surface area contributed by atoms with E-state index >= 15 is 0 Å². The van der Waals surface area contributed by atoms with Gasteiger partial charge in [0.15, 0.2) is 6.10 Å². The van der Waals surface area contributed by atoms with Gasteiger partial charge in [0, 0.05) is 5.39 Å². The Bertz CT molecular complexity index is 971. The third-order valence-corrected chi connectivity index (χ3v) is 3.91. The first-order chi connectivity index (χ1) is 13.1. The van der Waals surface area contributed by atoms with Gasteiger partial charge in [-0.3, -0.25) is 4.79 Å². The molecule has 0 bridgehead atoms. The van der Waals surface area contributed by atoms with Gasteiger partial charge >= 0.3 is 5.97 Å². The number of esters is 1. The lowest BCUT2D eigenvalue weighted by atomic mass is 10.2. The predicted octanol–water partition coefficient (Wildman–Crippen LogP) is 3.82. The average Bonchev–Trinajstić information content (AvgIpc) is 2.69. The molecule has 3 aromatic rings. The molecular formula is C21H20N2O4. The third kappa shape index (κ3) is 4.41. The summed E-state index contributed by atoms with van der Waals surface area (Å²) in [6.45, 7) is 3.85. The number of hydrogen-bond acceptors (Lipinski definition) is 5. The van der Waals surface area contributed by atoms with Crippen LogP contribution in [0.5, 0.6) is 5.75 Å². The molecule has 0 spiro atoms. The minimum absolute atomic E-state index is 0.156. The molecule has 1 amide bonds. The fraction of sp³-hybridized carbons (Fsp3) is 0.190. The number of nitrogens with zero attached hydrogens (tertiary/aromatic N) is 1. The molecule has 0 fully saturated rings. The summed E-state index contributed by atoms with van der Waals surface area (Å²) in [5, 5.41) is 3.64. The van der Waals surface area contributed by atoms with Crippen molar-refractivity contribution in [2.75, 3.05) is 11.9 Å². The zero-order chi connectivity index (χ0) is 19.2. The van der Waals surface area contributed by atoms with Gasteiger partial charge in [-0.25, -0.2) is 9.78 Å². The van der Waals surface area contributed by atoms with E-state index in [1.54, 1.807) is 30.3 Å². The molecule has 0 aliphatic rings. The van der Waals surface area contributed by atoms with Crippen LogP contribution in [0.4, 0.5) is 5.69 Å². The second kappa shape index (κ2) is 8.31. The summed E-state index contributed by atoms with van der Waals surface area (Å²) in [5.41, 5.74) is 1.37. The number of carbonyl (C=O) groups excluding carboxylic acids is 2. The highest BCUT2D eigenvalue weighted by molar-refractivity contribution is 5.98. The van der Waals surface area contributed by atoms with E-state index in [2.05, 4.69) is 10.3 Å². The van der Waals surface area contributed by atoms with E-state index in [0.717, 1.165) is 5.39 Å². The van der Waals surface area contributed by atoms with Gasteiger partial charge in [0.25, 0.3) is 5.91 Å². The number of amides is 1. The molecule has 3 rings (SSSR count). The second-order valence-corrected chi connectivity index (χ2v) is 5.86. The molecule has 6 heteroatoms. The fourth-order valence-electron chi connectivity index (χ4n) is 2.54. The first-order valence-corrected chi connectivity index (χ1v) is 8.68. The van der Waals surface area contributed by atoms with E-state index in [0.29, 0.717) is 23.6 Å². The Labute approximate surface area is 157 Å². The van der Waals surface area contributed by atoms with Crippen LogP contribution in [0.2, 0.25) is 0 Å². The van der Waals surface area contributed by atoms with Crippen molar-refractivity contribution in [2.45, 2.75) is 20.0 Å². The van der Waals surface area contributed by atoms with Gasteiger partial charge in [0.1, 0.15) is 11.4 Å². The van der Waals surface area contributed by atoms with E-state index in [-0.39, 0.29) is 5.69 Å². The third-order valence-electron chi connectivity index (χ3n) is 3.91. The Morgan fingerprint density at radius 3 is 2.59 bits per heavy atom.